The lowest BCUT2D eigenvalue weighted by atomic mass is 10.1. The van der Waals surface area contributed by atoms with Gasteiger partial charge in [0, 0.05) is 25.0 Å². The van der Waals surface area contributed by atoms with Gasteiger partial charge in [0.05, 0.1) is 17.1 Å². The second-order valence-electron chi connectivity index (χ2n) is 4.97. The van der Waals surface area contributed by atoms with Gasteiger partial charge in [-0.05, 0) is 12.1 Å². The van der Waals surface area contributed by atoms with Crippen LogP contribution in [0.1, 0.15) is 5.56 Å². The third-order valence-electron chi connectivity index (χ3n) is 3.69. The Morgan fingerprint density at radius 2 is 2.29 bits per heavy atom. The molecule has 21 heavy (non-hydrogen) atoms. The van der Waals surface area contributed by atoms with Crippen LogP contribution in [0.25, 0.3) is 10.9 Å². The summed E-state index contributed by atoms with van der Waals surface area (Å²) in [7, 11) is 0. The molecule has 1 saturated heterocycles. The quantitative estimate of drug-likeness (QED) is 0.829. The minimum absolute atomic E-state index is 0.393. The van der Waals surface area contributed by atoms with Crippen molar-refractivity contribution in [1.82, 2.24) is 10.3 Å². The van der Waals surface area contributed by atoms with Gasteiger partial charge < -0.3 is 16.0 Å². The van der Waals surface area contributed by atoms with E-state index >= 15 is 0 Å². The molecule has 3 rings (SSSR count). The summed E-state index contributed by atoms with van der Waals surface area (Å²) in [6.07, 6.45) is 0. The number of nitriles is 1. The van der Waals surface area contributed by atoms with Crippen LogP contribution >= 0.6 is 0 Å². The normalized spacial score (nSPS) is 18.4. The molecule has 2 aromatic rings. The number of pyridine rings is 1. The van der Waals surface area contributed by atoms with E-state index in [1.165, 1.54) is 0 Å². The van der Waals surface area contributed by atoms with E-state index in [2.05, 4.69) is 16.4 Å². The number of hydrogen-bond donors (Lipinski definition) is 2. The molecule has 3 N–H and O–H groups in total. The zero-order valence-electron chi connectivity index (χ0n) is 11.4. The number of primary amides is 1. The van der Waals surface area contributed by atoms with Gasteiger partial charge in [0.25, 0.3) is 0 Å². The Morgan fingerprint density at radius 1 is 1.48 bits per heavy atom. The fourth-order valence-corrected chi connectivity index (χ4v) is 2.63. The molecule has 1 atom stereocenters. The van der Waals surface area contributed by atoms with Crippen LogP contribution in [0.3, 0.4) is 0 Å². The number of anilines is 1. The highest BCUT2D eigenvalue weighted by atomic mass is 16.1. The van der Waals surface area contributed by atoms with Crippen LogP contribution in [0.15, 0.2) is 30.3 Å². The zero-order valence-corrected chi connectivity index (χ0v) is 11.4. The van der Waals surface area contributed by atoms with Crippen LogP contribution in [-0.4, -0.2) is 36.6 Å². The summed E-state index contributed by atoms with van der Waals surface area (Å²) in [6.45, 7) is 1.87. The number of piperazine rings is 1. The number of fused-ring (bicyclic) bond motifs is 1. The molecule has 0 saturated carbocycles. The highest BCUT2D eigenvalue weighted by molar-refractivity contribution is 5.88. The maximum absolute atomic E-state index is 11.6. The number of nitrogens with one attached hydrogen (secondary N) is 1. The van der Waals surface area contributed by atoms with Crippen LogP contribution in [-0.2, 0) is 4.79 Å². The molecule has 1 unspecified atom stereocenters. The topological polar surface area (TPSA) is 95.0 Å². The van der Waals surface area contributed by atoms with Crippen molar-refractivity contribution in [3.05, 3.63) is 35.9 Å². The van der Waals surface area contributed by atoms with Crippen molar-refractivity contribution in [2.45, 2.75) is 6.04 Å². The Morgan fingerprint density at radius 3 is 3.05 bits per heavy atom. The van der Waals surface area contributed by atoms with E-state index in [0.717, 1.165) is 17.4 Å². The van der Waals surface area contributed by atoms with Gasteiger partial charge in [0.1, 0.15) is 11.9 Å². The van der Waals surface area contributed by atoms with Crippen molar-refractivity contribution in [2.75, 3.05) is 24.5 Å². The first-order valence-corrected chi connectivity index (χ1v) is 6.77. The summed E-state index contributed by atoms with van der Waals surface area (Å²) in [4.78, 5) is 18.1. The fourth-order valence-electron chi connectivity index (χ4n) is 2.63. The van der Waals surface area contributed by atoms with Gasteiger partial charge >= 0.3 is 0 Å². The second-order valence-corrected chi connectivity index (χ2v) is 4.97. The third-order valence-corrected chi connectivity index (χ3v) is 3.69. The summed E-state index contributed by atoms with van der Waals surface area (Å²) >= 11 is 0. The molecule has 0 bridgehead atoms. The molecule has 1 amide bonds. The number of nitrogens with zero attached hydrogens (tertiary/aromatic N) is 3. The molecule has 0 aliphatic carbocycles. The molecular formula is C15H15N5O. The molecule has 6 nitrogen and oxygen atoms in total. The van der Waals surface area contributed by atoms with Gasteiger partial charge in [-0.25, -0.2) is 4.98 Å². The maximum atomic E-state index is 11.6. The number of nitrogens with two attached hydrogens (primary N) is 1. The van der Waals surface area contributed by atoms with Gasteiger partial charge in [-0.3, -0.25) is 4.79 Å². The largest absolute Gasteiger partial charge is 0.368 e. The predicted octanol–water partition coefficient (Wildman–Crippen LogP) is 0.370. The van der Waals surface area contributed by atoms with E-state index in [9.17, 15) is 10.1 Å². The summed E-state index contributed by atoms with van der Waals surface area (Å²) in [5.74, 6) is 0.228. The number of carbonyl (C=O) groups excluding carboxylic acids is 1. The van der Waals surface area contributed by atoms with Gasteiger partial charge in [-0.15, -0.1) is 0 Å². The average molecular weight is 281 g/mol. The predicted molar refractivity (Wildman–Crippen MR) is 79.7 cm³/mol. The van der Waals surface area contributed by atoms with E-state index in [0.29, 0.717) is 24.5 Å². The van der Waals surface area contributed by atoms with Gasteiger partial charge in [0.2, 0.25) is 5.91 Å². The van der Waals surface area contributed by atoms with E-state index in [4.69, 9.17) is 5.73 Å². The molecule has 1 aromatic carbocycles. The number of benzene rings is 1. The van der Waals surface area contributed by atoms with Crippen LogP contribution in [0.4, 0.5) is 5.82 Å². The lowest BCUT2D eigenvalue weighted by molar-refractivity contribution is -0.119. The standard InChI is InChI=1S/C15H15N5O/c16-8-10-7-14(19-12-4-2-1-3-11(10)12)20-6-5-18-9-13(20)15(17)21/h1-4,7,13,18H,5-6,9H2,(H2,17,21). The molecule has 1 aliphatic rings. The second kappa shape index (κ2) is 5.38. The Bertz CT molecular complexity index is 736. The first-order valence-electron chi connectivity index (χ1n) is 6.77. The monoisotopic (exact) mass is 281 g/mol. The van der Waals surface area contributed by atoms with Crippen molar-refractivity contribution in [3.63, 3.8) is 0 Å². The number of para-hydroxylation sites is 1. The first kappa shape index (κ1) is 13.3. The minimum atomic E-state index is -0.445. The van der Waals surface area contributed by atoms with Crippen LogP contribution in [0.2, 0.25) is 0 Å². The number of aromatic nitrogens is 1. The minimum Gasteiger partial charge on any atom is -0.368 e. The number of amides is 1. The molecule has 1 aromatic heterocycles. The van der Waals surface area contributed by atoms with Gasteiger partial charge in [0.15, 0.2) is 0 Å². The SMILES string of the molecule is N#Cc1cc(N2CCNCC2C(N)=O)nc2ccccc12. The third kappa shape index (κ3) is 2.39. The van der Waals surface area contributed by atoms with Crippen LogP contribution in [0.5, 0.6) is 0 Å². The van der Waals surface area contributed by atoms with Crippen molar-refractivity contribution >= 4 is 22.6 Å². The summed E-state index contributed by atoms with van der Waals surface area (Å²) < 4.78 is 0. The highest BCUT2D eigenvalue weighted by Gasteiger charge is 2.28. The molecule has 1 aliphatic heterocycles. The summed E-state index contributed by atoms with van der Waals surface area (Å²) in [5.41, 5.74) is 6.76. The molecule has 6 heteroatoms. The molecular weight excluding hydrogens is 266 g/mol. The highest BCUT2D eigenvalue weighted by Crippen LogP contribution is 2.24. The number of carbonyl (C=O) groups is 1. The molecule has 106 valence electrons. The lowest BCUT2D eigenvalue weighted by Crippen LogP contribution is -2.57. The smallest absolute Gasteiger partial charge is 0.241 e. The molecule has 0 spiro atoms. The van der Waals surface area contributed by atoms with Gasteiger partial charge in [-0.2, -0.15) is 5.26 Å². The van der Waals surface area contributed by atoms with Crippen molar-refractivity contribution in [3.8, 4) is 6.07 Å². The lowest BCUT2D eigenvalue weighted by Gasteiger charge is -2.35. The Hall–Kier alpha value is -2.65. The van der Waals surface area contributed by atoms with E-state index in [1.54, 1.807) is 6.07 Å². The maximum Gasteiger partial charge on any atom is 0.241 e. The van der Waals surface area contributed by atoms with E-state index in [-0.39, 0.29) is 0 Å². The van der Waals surface area contributed by atoms with E-state index < -0.39 is 11.9 Å². The number of hydrogen-bond acceptors (Lipinski definition) is 5. The Labute approximate surface area is 122 Å². The molecule has 2 heterocycles. The number of rotatable bonds is 2. The summed E-state index contributed by atoms with van der Waals surface area (Å²) in [6, 6.07) is 11.0. The van der Waals surface area contributed by atoms with Crippen LogP contribution in [0, 0.1) is 11.3 Å². The van der Waals surface area contributed by atoms with Crippen molar-refractivity contribution in [1.29, 1.82) is 5.26 Å². The zero-order chi connectivity index (χ0) is 14.8. The Kier molecular flexibility index (Phi) is 3.42. The van der Waals surface area contributed by atoms with Crippen LogP contribution < -0.4 is 16.0 Å². The average Bonchev–Trinajstić information content (AvgIpc) is 2.53. The first-order chi connectivity index (χ1) is 10.2. The van der Waals surface area contributed by atoms with Gasteiger partial charge in [-0.1, -0.05) is 18.2 Å². The van der Waals surface area contributed by atoms with E-state index in [1.807, 2.05) is 29.2 Å². The fraction of sp³-hybridized carbons (Fsp3) is 0.267. The van der Waals surface area contributed by atoms with Crippen molar-refractivity contribution in [2.24, 2.45) is 5.73 Å². The molecule has 0 radical (unpaired) electrons. The Balaban J connectivity index is 2.11. The molecule has 1 fully saturated rings. The summed E-state index contributed by atoms with van der Waals surface area (Å²) in [5, 5.41) is 13.3. The van der Waals surface area contributed by atoms with Crippen molar-refractivity contribution < 1.29 is 4.79 Å².